The zero-order chi connectivity index (χ0) is 51.0. The largest absolute Gasteiger partial charge is 0.361 e. The van der Waals surface area contributed by atoms with Gasteiger partial charge in [-0.2, -0.15) is 5.10 Å². The Bertz CT molecular complexity index is 2550. The minimum absolute atomic E-state index is 0.152. The van der Waals surface area contributed by atoms with E-state index in [1.54, 1.807) is 0 Å². The fourth-order valence-corrected chi connectivity index (χ4v) is 5.27. The minimum Gasteiger partial charge on any atom is -0.361 e. The topological polar surface area (TPSA) is 140 Å². The lowest BCUT2D eigenvalue weighted by Crippen LogP contribution is -1.99. The average molecular weight is 941 g/mol. The van der Waals surface area contributed by atoms with E-state index in [1.807, 2.05) is 110 Å². The number of aromatic nitrogens is 8. The van der Waals surface area contributed by atoms with E-state index in [9.17, 15) is 4.79 Å². The number of rotatable bonds is 0. The number of hydrogen-bond acceptors (Lipinski definition) is 3. The Kier molecular flexibility index (Phi) is 29.8. The molecule has 0 unspecified atom stereocenters. The van der Waals surface area contributed by atoms with Gasteiger partial charge in [-0.1, -0.05) is 183 Å². The monoisotopic (exact) mass is 941 g/mol. The van der Waals surface area contributed by atoms with Crippen LogP contribution >= 0.6 is 12.2 Å². The van der Waals surface area contributed by atoms with Crippen LogP contribution in [0.3, 0.4) is 0 Å². The molecule has 5 aromatic carbocycles. The zero-order valence-electron chi connectivity index (χ0n) is 44.0. The van der Waals surface area contributed by atoms with Crippen LogP contribution in [-0.4, -0.2) is 40.1 Å². The van der Waals surface area contributed by atoms with Gasteiger partial charge in [-0.25, -0.2) is 4.79 Å². The van der Waals surface area contributed by atoms with Crippen LogP contribution in [0.15, 0.2) is 151 Å². The third-order valence-electron chi connectivity index (χ3n) is 7.45. The van der Waals surface area contributed by atoms with Crippen LogP contribution in [0.2, 0.25) is 0 Å². The molecule has 0 aliphatic heterocycles. The third kappa shape index (κ3) is 27.9. The van der Waals surface area contributed by atoms with Crippen molar-refractivity contribution in [3.63, 3.8) is 0 Å². The first-order chi connectivity index (χ1) is 32.2. The molecule has 0 aliphatic carbocycles. The van der Waals surface area contributed by atoms with Gasteiger partial charge in [-0.15, -0.1) is 0 Å². The number of imidazole rings is 2. The standard InChI is InChI=1S/C9H9N.C8H7N.C7H6N2O.C7H6N2S.C7H6N2.5C4H10/c1-7-6-10-9-5-3-2-4-8(7)9;1-2-4-8-7(3-1)5-6-9-8;2*10-7-8-5-3-1-2-4-6(5)9-7;1-2-4-7-6(3-1)5-8-9-7;5*1-4(2)3/h2-6,10H,1H3;1-6,9H;2*1-4H,(H2,8,9,10);1-5H,(H,8,9);5*4H,1-3H3. The Labute approximate surface area is 412 Å². The van der Waals surface area contributed by atoms with Crippen LogP contribution < -0.4 is 5.69 Å². The number of hydrogen-bond donors (Lipinski definition) is 7. The fourth-order valence-electron chi connectivity index (χ4n) is 5.05. The van der Waals surface area contributed by atoms with Crippen LogP contribution in [0, 0.1) is 41.3 Å². The lowest BCUT2D eigenvalue weighted by atomic mass is 10.2. The molecule has 0 bridgehead atoms. The van der Waals surface area contributed by atoms with Gasteiger partial charge in [0.2, 0.25) is 0 Å². The quantitative estimate of drug-likeness (QED) is 0.0762. The van der Waals surface area contributed by atoms with Gasteiger partial charge in [0.05, 0.1) is 33.8 Å². The van der Waals surface area contributed by atoms with Crippen molar-refractivity contribution in [3.8, 4) is 0 Å². The fraction of sp³-hybridized carbons (Fsp3) is 0.362. The smallest absolute Gasteiger partial charge is 0.323 e. The molecular weight excluding hydrogens is 857 g/mol. The van der Waals surface area contributed by atoms with E-state index in [0.717, 1.165) is 62.6 Å². The van der Waals surface area contributed by atoms with E-state index in [2.05, 4.69) is 187 Å². The molecule has 10 aromatic rings. The van der Waals surface area contributed by atoms with Crippen LogP contribution in [0.1, 0.15) is 109 Å². The summed E-state index contributed by atoms with van der Waals surface area (Å²) in [5.74, 6) is 4.17. The maximum atomic E-state index is 10.7. The molecule has 68 heavy (non-hydrogen) atoms. The number of nitrogens with one attached hydrogen (secondary N) is 7. The van der Waals surface area contributed by atoms with Gasteiger partial charge in [-0.3, -0.25) is 5.10 Å². The molecular formula is C58H84N8OS. The molecule has 0 spiro atoms. The number of aromatic amines is 7. The highest BCUT2D eigenvalue weighted by Crippen LogP contribution is 2.15. The van der Waals surface area contributed by atoms with E-state index in [-0.39, 0.29) is 5.69 Å². The van der Waals surface area contributed by atoms with Crippen molar-refractivity contribution in [2.75, 3.05) is 0 Å². The van der Waals surface area contributed by atoms with E-state index in [1.165, 1.54) is 27.4 Å². The summed E-state index contributed by atoms with van der Waals surface area (Å²) < 4.78 is 0.682. The number of H-pyrrole nitrogens is 7. The number of benzene rings is 5. The molecule has 0 radical (unpaired) electrons. The van der Waals surface area contributed by atoms with Crippen LogP contribution in [-0.2, 0) is 0 Å². The predicted molar refractivity (Wildman–Crippen MR) is 302 cm³/mol. The average Bonchev–Trinajstić information content (AvgIpc) is 4.11. The van der Waals surface area contributed by atoms with Gasteiger partial charge < -0.3 is 29.9 Å². The normalized spacial score (nSPS) is 9.96. The molecule has 0 atom stereocenters. The van der Waals surface area contributed by atoms with Gasteiger partial charge in [0.15, 0.2) is 4.77 Å². The molecule has 0 amide bonds. The molecule has 5 heterocycles. The summed E-state index contributed by atoms with van der Waals surface area (Å²) in [6, 6.07) is 42.0. The molecule has 0 fully saturated rings. The van der Waals surface area contributed by atoms with Gasteiger partial charge in [0.25, 0.3) is 0 Å². The van der Waals surface area contributed by atoms with Gasteiger partial charge in [0.1, 0.15) is 0 Å². The Morgan fingerprint density at radius 2 is 0.765 bits per heavy atom. The van der Waals surface area contributed by atoms with Crippen molar-refractivity contribution < 1.29 is 0 Å². The van der Waals surface area contributed by atoms with E-state index < -0.39 is 0 Å². The van der Waals surface area contributed by atoms with Crippen LogP contribution in [0.4, 0.5) is 0 Å². The Hall–Kier alpha value is -6.39. The van der Waals surface area contributed by atoms with Gasteiger partial charge >= 0.3 is 5.69 Å². The highest BCUT2D eigenvalue weighted by molar-refractivity contribution is 7.71. The van der Waals surface area contributed by atoms with Crippen LogP contribution in [0.25, 0.3) is 54.8 Å². The Balaban J connectivity index is 0.000000388. The van der Waals surface area contributed by atoms with Crippen molar-refractivity contribution in [1.29, 1.82) is 0 Å². The molecule has 5 aromatic heterocycles. The molecule has 0 aliphatic rings. The maximum Gasteiger partial charge on any atom is 0.323 e. The van der Waals surface area contributed by atoms with Gasteiger partial charge in [-0.05, 0) is 108 Å². The predicted octanol–water partition coefficient (Wildman–Crippen LogP) is 17.6. The summed E-state index contributed by atoms with van der Waals surface area (Å²) in [5, 5.41) is 10.5. The second-order valence-corrected chi connectivity index (χ2v) is 19.9. The first-order valence-corrected chi connectivity index (χ1v) is 24.4. The summed E-state index contributed by atoms with van der Waals surface area (Å²) in [7, 11) is 0. The summed E-state index contributed by atoms with van der Waals surface area (Å²) >= 11 is 4.90. The number of fused-ring (bicyclic) bond motifs is 5. The Morgan fingerprint density at radius 1 is 0.412 bits per heavy atom. The Morgan fingerprint density at radius 3 is 1.18 bits per heavy atom. The second-order valence-electron chi connectivity index (χ2n) is 19.4. The summed E-state index contributed by atoms with van der Waals surface area (Å²) in [6.07, 6.45) is 5.80. The summed E-state index contributed by atoms with van der Waals surface area (Å²) in [4.78, 5) is 28.3. The summed E-state index contributed by atoms with van der Waals surface area (Å²) in [6.45, 7) is 34.6. The minimum atomic E-state index is -0.152. The molecule has 0 saturated carbocycles. The molecule has 10 rings (SSSR count). The lowest BCUT2D eigenvalue weighted by Gasteiger charge is -1.86. The van der Waals surface area contributed by atoms with Crippen molar-refractivity contribution in [1.82, 2.24) is 40.1 Å². The molecule has 9 nitrogen and oxygen atoms in total. The number of aryl methyl sites for hydroxylation is 1. The lowest BCUT2D eigenvalue weighted by molar-refractivity contribution is 0.736. The molecule has 0 saturated heterocycles. The SMILES string of the molecule is CC(C)C.CC(C)C.CC(C)C.CC(C)C.CC(C)C.Cc1c[nH]c2ccccc12.O=c1[nH]c2ccccc2[nH]1.S=c1[nH]c2ccccc2[nH]1.c1ccc2[nH]ccc2c1.c1ccc2[nH]ncc2c1. The molecule has 368 valence electrons. The molecule has 10 heteroatoms. The van der Waals surface area contributed by atoms with Crippen molar-refractivity contribution in [2.24, 2.45) is 29.6 Å². The first-order valence-electron chi connectivity index (χ1n) is 24.0. The van der Waals surface area contributed by atoms with Crippen molar-refractivity contribution in [2.45, 2.75) is 111 Å². The number of nitrogens with zero attached hydrogens (tertiary/aromatic N) is 1. The van der Waals surface area contributed by atoms with Crippen molar-refractivity contribution >= 4 is 67.0 Å². The van der Waals surface area contributed by atoms with Crippen LogP contribution in [0.5, 0.6) is 0 Å². The third-order valence-corrected chi connectivity index (χ3v) is 7.66. The zero-order valence-corrected chi connectivity index (χ0v) is 44.8. The maximum absolute atomic E-state index is 10.7. The van der Waals surface area contributed by atoms with Gasteiger partial charge in [0, 0.05) is 34.2 Å². The van der Waals surface area contributed by atoms with E-state index in [0.29, 0.717) is 4.77 Å². The highest BCUT2D eigenvalue weighted by atomic mass is 32.1. The van der Waals surface area contributed by atoms with E-state index in [4.69, 9.17) is 12.2 Å². The molecule has 7 N–H and O–H groups in total. The highest BCUT2D eigenvalue weighted by Gasteiger charge is 1.95. The second kappa shape index (κ2) is 34.0. The first kappa shape index (κ1) is 59.6. The summed E-state index contributed by atoms with van der Waals surface area (Å²) in [5.41, 5.74) is 8.52. The van der Waals surface area contributed by atoms with E-state index >= 15 is 0 Å². The number of para-hydroxylation sites is 7. The van der Waals surface area contributed by atoms with Crippen molar-refractivity contribution in [3.05, 3.63) is 167 Å².